The molecule has 0 spiro atoms. The molecule has 1 aromatic heterocycles. The van der Waals surface area contributed by atoms with E-state index in [1.54, 1.807) is 0 Å². The number of rotatable bonds is 4. The van der Waals surface area contributed by atoms with Crippen molar-refractivity contribution >= 4 is 28.9 Å². The van der Waals surface area contributed by atoms with Crippen molar-refractivity contribution in [3.05, 3.63) is 63.9 Å². The Balaban J connectivity index is 1.90. The Kier molecular flexibility index (Phi) is 6.10. The zero-order valence-electron chi connectivity index (χ0n) is 14.9. The number of ether oxygens (including phenoxy) is 2. The fraction of sp³-hybridized carbons (Fsp3) is 0.111. The smallest absolute Gasteiger partial charge is 0.417 e. The summed E-state index contributed by atoms with van der Waals surface area (Å²) in [6.45, 7) is 0. The van der Waals surface area contributed by atoms with Crippen LogP contribution >= 0.6 is 23.2 Å². The molecule has 164 valence electrons. The van der Waals surface area contributed by atoms with Crippen LogP contribution in [0.3, 0.4) is 0 Å². The van der Waals surface area contributed by atoms with Crippen LogP contribution in [-0.2, 0) is 12.4 Å². The van der Waals surface area contributed by atoms with Gasteiger partial charge in [-0.05, 0) is 36.4 Å². The number of hydrogen-bond acceptors (Lipinski definition) is 5. The summed E-state index contributed by atoms with van der Waals surface area (Å²) in [6.07, 6.45) is -8.55. The maximum atomic E-state index is 13.0. The SMILES string of the molecule is Nc1c(Oc2ccc(Cl)c(C(F)(F)F)c2)ncnc1Oc1ccc(Cl)c(C(F)(F)F)c1. The van der Waals surface area contributed by atoms with Gasteiger partial charge in [0.1, 0.15) is 17.8 Å². The second-order valence-electron chi connectivity index (χ2n) is 5.88. The van der Waals surface area contributed by atoms with Crippen molar-refractivity contribution in [2.75, 3.05) is 5.73 Å². The first-order valence-electron chi connectivity index (χ1n) is 8.06. The summed E-state index contributed by atoms with van der Waals surface area (Å²) in [5, 5.41) is -1.08. The lowest BCUT2D eigenvalue weighted by Crippen LogP contribution is -2.07. The van der Waals surface area contributed by atoms with Gasteiger partial charge in [0.2, 0.25) is 11.8 Å². The molecule has 0 radical (unpaired) electrons. The number of nitrogens with two attached hydrogens (primary N) is 1. The fourth-order valence-corrected chi connectivity index (χ4v) is 2.77. The summed E-state index contributed by atoms with van der Waals surface area (Å²) in [6, 6.07) is 5.52. The average Bonchev–Trinajstić information content (AvgIpc) is 2.66. The van der Waals surface area contributed by atoms with Crippen LogP contribution in [0.2, 0.25) is 10.0 Å². The van der Waals surface area contributed by atoms with E-state index in [0.29, 0.717) is 12.1 Å². The van der Waals surface area contributed by atoms with E-state index in [9.17, 15) is 26.3 Å². The van der Waals surface area contributed by atoms with E-state index in [1.165, 1.54) is 0 Å². The van der Waals surface area contributed by atoms with Crippen LogP contribution in [0.4, 0.5) is 32.0 Å². The minimum absolute atomic E-state index is 0.293. The van der Waals surface area contributed by atoms with Gasteiger partial charge in [-0.1, -0.05) is 23.2 Å². The lowest BCUT2D eigenvalue weighted by molar-refractivity contribution is -0.138. The summed E-state index contributed by atoms with van der Waals surface area (Å²) in [5.74, 6) is -1.35. The highest BCUT2D eigenvalue weighted by Gasteiger charge is 2.34. The van der Waals surface area contributed by atoms with Gasteiger partial charge in [0.25, 0.3) is 0 Å². The molecule has 0 bridgehead atoms. The Bertz CT molecular complexity index is 1040. The van der Waals surface area contributed by atoms with Gasteiger partial charge in [-0.3, -0.25) is 0 Å². The van der Waals surface area contributed by atoms with E-state index in [0.717, 1.165) is 30.6 Å². The molecule has 0 saturated heterocycles. The van der Waals surface area contributed by atoms with Crippen LogP contribution < -0.4 is 15.2 Å². The van der Waals surface area contributed by atoms with Crippen molar-refractivity contribution in [2.24, 2.45) is 0 Å². The largest absolute Gasteiger partial charge is 0.437 e. The number of hydrogen-bond donors (Lipinski definition) is 1. The van der Waals surface area contributed by atoms with Crippen molar-refractivity contribution in [3.63, 3.8) is 0 Å². The number of nitrogens with zero attached hydrogens (tertiary/aromatic N) is 2. The van der Waals surface area contributed by atoms with Crippen molar-refractivity contribution in [2.45, 2.75) is 12.4 Å². The molecule has 13 heteroatoms. The van der Waals surface area contributed by atoms with Crippen molar-refractivity contribution in [1.82, 2.24) is 9.97 Å². The summed E-state index contributed by atoms with van der Waals surface area (Å²) in [7, 11) is 0. The van der Waals surface area contributed by atoms with Crippen LogP contribution in [0, 0.1) is 0 Å². The van der Waals surface area contributed by atoms with E-state index in [-0.39, 0.29) is 28.9 Å². The Morgan fingerprint density at radius 2 is 1.10 bits per heavy atom. The summed E-state index contributed by atoms with van der Waals surface area (Å²) in [5.41, 5.74) is 3.16. The van der Waals surface area contributed by atoms with Gasteiger partial charge in [-0.25, -0.2) is 0 Å². The summed E-state index contributed by atoms with van der Waals surface area (Å²) in [4.78, 5) is 7.41. The maximum absolute atomic E-state index is 13.0. The van der Waals surface area contributed by atoms with Gasteiger partial charge in [-0.15, -0.1) is 0 Å². The maximum Gasteiger partial charge on any atom is 0.417 e. The third-order valence-corrected chi connectivity index (χ3v) is 4.39. The minimum Gasteiger partial charge on any atom is -0.437 e. The fourth-order valence-electron chi connectivity index (χ4n) is 2.32. The molecule has 3 rings (SSSR count). The third-order valence-electron chi connectivity index (χ3n) is 3.73. The highest BCUT2D eigenvalue weighted by Crippen LogP contribution is 2.41. The Labute approximate surface area is 180 Å². The molecule has 5 nitrogen and oxygen atoms in total. The van der Waals surface area contributed by atoms with Gasteiger partial charge < -0.3 is 15.2 Å². The molecular weight excluding hydrogens is 475 g/mol. The zero-order chi connectivity index (χ0) is 23.0. The molecule has 2 N–H and O–H groups in total. The first kappa shape index (κ1) is 22.8. The predicted molar refractivity (Wildman–Crippen MR) is 99.5 cm³/mol. The van der Waals surface area contributed by atoms with Crippen LogP contribution in [0.25, 0.3) is 0 Å². The van der Waals surface area contributed by atoms with Crippen molar-refractivity contribution in [1.29, 1.82) is 0 Å². The zero-order valence-corrected chi connectivity index (χ0v) is 16.4. The Morgan fingerprint density at radius 3 is 1.45 bits per heavy atom. The highest BCUT2D eigenvalue weighted by atomic mass is 35.5. The average molecular weight is 484 g/mol. The van der Waals surface area contributed by atoms with Crippen molar-refractivity contribution < 1.29 is 35.8 Å². The molecule has 0 unspecified atom stereocenters. The number of halogens is 8. The molecule has 0 fully saturated rings. The molecule has 0 amide bonds. The quantitative estimate of drug-likeness (QED) is 0.405. The Morgan fingerprint density at radius 1 is 0.710 bits per heavy atom. The van der Waals surface area contributed by atoms with Gasteiger partial charge in [0.15, 0.2) is 5.69 Å². The molecule has 31 heavy (non-hydrogen) atoms. The topological polar surface area (TPSA) is 70.3 Å². The standard InChI is InChI=1S/C18H9Cl2F6N3O2/c19-12-3-1-8(5-10(12)17(21,22)23)30-15-14(27)16(29-7-28-15)31-9-2-4-13(20)11(6-9)18(24,25)26/h1-7H,27H2. The molecule has 0 atom stereocenters. The number of benzene rings is 2. The number of aromatic nitrogens is 2. The van der Waals surface area contributed by atoms with Crippen LogP contribution in [0.5, 0.6) is 23.3 Å². The van der Waals surface area contributed by atoms with Gasteiger partial charge >= 0.3 is 12.4 Å². The number of nitrogen functional groups attached to an aromatic ring is 1. The number of anilines is 1. The molecule has 0 aliphatic rings. The van der Waals surface area contributed by atoms with Crippen LogP contribution in [-0.4, -0.2) is 9.97 Å². The minimum atomic E-state index is -4.73. The van der Waals surface area contributed by atoms with Gasteiger partial charge in [-0.2, -0.15) is 36.3 Å². The monoisotopic (exact) mass is 483 g/mol. The van der Waals surface area contributed by atoms with E-state index >= 15 is 0 Å². The molecule has 1 heterocycles. The number of alkyl halides is 6. The molecule has 0 aliphatic heterocycles. The van der Waals surface area contributed by atoms with E-state index in [2.05, 4.69) is 9.97 Å². The molecule has 2 aromatic carbocycles. The normalized spacial score (nSPS) is 12.0. The molecule has 0 saturated carbocycles. The summed E-state index contributed by atoms with van der Waals surface area (Å²) < 4.78 is 88.5. The molecular formula is C18H9Cl2F6N3O2. The first-order valence-corrected chi connectivity index (χ1v) is 8.81. The first-order chi connectivity index (χ1) is 14.4. The Hall–Kier alpha value is -2.92. The lowest BCUT2D eigenvalue weighted by Gasteiger charge is -2.14. The predicted octanol–water partition coefficient (Wildman–Crippen LogP) is 6.99. The van der Waals surface area contributed by atoms with E-state index in [4.69, 9.17) is 38.4 Å². The van der Waals surface area contributed by atoms with Crippen molar-refractivity contribution in [3.8, 4) is 23.3 Å². The van der Waals surface area contributed by atoms with E-state index < -0.39 is 33.5 Å². The van der Waals surface area contributed by atoms with Crippen LogP contribution in [0.15, 0.2) is 42.7 Å². The summed E-state index contributed by atoms with van der Waals surface area (Å²) >= 11 is 11.1. The highest BCUT2D eigenvalue weighted by molar-refractivity contribution is 6.31. The third kappa shape index (κ3) is 5.23. The van der Waals surface area contributed by atoms with Crippen LogP contribution in [0.1, 0.15) is 11.1 Å². The van der Waals surface area contributed by atoms with Gasteiger partial charge in [0.05, 0.1) is 21.2 Å². The second-order valence-corrected chi connectivity index (χ2v) is 6.69. The van der Waals surface area contributed by atoms with E-state index in [1.807, 2.05) is 0 Å². The lowest BCUT2D eigenvalue weighted by atomic mass is 10.2. The van der Waals surface area contributed by atoms with Gasteiger partial charge in [0, 0.05) is 0 Å². The molecule has 3 aromatic rings. The molecule has 0 aliphatic carbocycles. The second kappa shape index (κ2) is 8.31.